The standard InChI is InChI=1S/C22H16AsF3N4O3/c1-12(2)29-10-16(19-20(23)27-11-28-21(19)29)13-3-6-15(7-4-13)33-18-8-5-14(30(31)32)9-17(18)22(24,25)26/h3-12H,1-2H3. The Hall–Kier alpha value is -3.39. The molecule has 2 aromatic heterocycles. The molecule has 0 unspecified atom stereocenters. The molecule has 0 N–H and O–H groups in total. The second-order valence-corrected chi connectivity index (χ2v) is 8.39. The van der Waals surface area contributed by atoms with Crippen molar-refractivity contribution >= 4 is 38.1 Å². The number of non-ortho nitro benzene ring substituents is 1. The Morgan fingerprint density at radius 1 is 1.12 bits per heavy atom. The van der Waals surface area contributed by atoms with Crippen LogP contribution in [0.15, 0.2) is 55.0 Å². The number of fused-ring (bicyclic) bond motifs is 1. The molecule has 168 valence electrons. The van der Waals surface area contributed by atoms with Crippen molar-refractivity contribution in [1.29, 1.82) is 0 Å². The molecule has 0 fully saturated rings. The maximum absolute atomic E-state index is 13.4. The van der Waals surface area contributed by atoms with Crippen molar-refractivity contribution < 1.29 is 22.8 Å². The van der Waals surface area contributed by atoms with Crippen molar-refractivity contribution in [3.63, 3.8) is 0 Å². The molecule has 0 amide bonds. The number of nitro benzene ring substituents is 1. The molecule has 0 aliphatic rings. The van der Waals surface area contributed by atoms with Gasteiger partial charge in [-0.1, -0.05) is 0 Å². The van der Waals surface area contributed by atoms with E-state index in [0.717, 1.165) is 38.8 Å². The molecule has 0 saturated carbocycles. The van der Waals surface area contributed by atoms with Gasteiger partial charge in [0.25, 0.3) is 0 Å². The summed E-state index contributed by atoms with van der Waals surface area (Å²) in [6.45, 7) is 4.07. The Bertz CT molecular complexity index is 1350. The van der Waals surface area contributed by atoms with Gasteiger partial charge in [-0.25, -0.2) is 0 Å². The molecule has 2 radical (unpaired) electrons. The van der Waals surface area contributed by atoms with Gasteiger partial charge in [-0.2, -0.15) is 0 Å². The first-order chi connectivity index (χ1) is 15.6. The number of rotatable bonds is 5. The summed E-state index contributed by atoms with van der Waals surface area (Å²) in [4.78, 5) is 18.6. The van der Waals surface area contributed by atoms with Gasteiger partial charge in [0.05, 0.1) is 4.92 Å². The summed E-state index contributed by atoms with van der Waals surface area (Å²) in [7, 11) is 0. The number of halogens is 3. The van der Waals surface area contributed by atoms with Crippen molar-refractivity contribution in [3.8, 4) is 22.6 Å². The zero-order chi connectivity index (χ0) is 23.9. The van der Waals surface area contributed by atoms with Crippen molar-refractivity contribution in [2.24, 2.45) is 0 Å². The SMILES string of the molecule is CC(C)n1cc(-c2ccc(Oc3ccc([N+](=O)[O-])cc3C(F)(F)F)cc2)c2c([As])ncnc21. The number of nitro groups is 1. The van der Waals surface area contributed by atoms with Gasteiger partial charge < -0.3 is 0 Å². The first-order valence-electron chi connectivity index (χ1n) is 9.74. The van der Waals surface area contributed by atoms with E-state index in [9.17, 15) is 23.3 Å². The molecule has 4 aromatic rings. The number of alkyl halides is 3. The molecule has 0 bridgehead atoms. The van der Waals surface area contributed by atoms with E-state index in [1.807, 2.05) is 24.6 Å². The van der Waals surface area contributed by atoms with Crippen LogP contribution in [0.25, 0.3) is 22.2 Å². The van der Waals surface area contributed by atoms with Gasteiger partial charge in [-0.15, -0.1) is 0 Å². The second kappa shape index (κ2) is 8.51. The third-order valence-corrected chi connectivity index (χ3v) is 5.73. The molecule has 0 aliphatic carbocycles. The van der Waals surface area contributed by atoms with Crippen LogP contribution in [-0.4, -0.2) is 36.3 Å². The molecular formula is C22H16AsF3N4O3. The predicted molar refractivity (Wildman–Crippen MR) is 117 cm³/mol. The van der Waals surface area contributed by atoms with E-state index in [-0.39, 0.29) is 11.8 Å². The van der Waals surface area contributed by atoms with Gasteiger partial charge in [-0.3, -0.25) is 10.1 Å². The van der Waals surface area contributed by atoms with Gasteiger partial charge in [-0.05, 0) is 0 Å². The zero-order valence-electron chi connectivity index (χ0n) is 17.4. The summed E-state index contributed by atoms with van der Waals surface area (Å²) in [6.07, 6.45) is -1.34. The summed E-state index contributed by atoms with van der Waals surface area (Å²) >= 11 is 2.42. The van der Waals surface area contributed by atoms with E-state index in [4.69, 9.17) is 4.74 Å². The molecule has 33 heavy (non-hydrogen) atoms. The van der Waals surface area contributed by atoms with Gasteiger partial charge in [0.1, 0.15) is 0 Å². The maximum atomic E-state index is 13.4. The molecule has 7 nitrogen and oxygen atoms in total. The van der Waals surface area contributed by atoms with Crippen molar-refractivity contribution in [3.05, 3.63) is 70.7 Å². The van der Waals surface area contributed by atoms with E-state index >= 15 is 0 Å². The molecule has 0 atom stereocenters. The number of hydrogen-bond acceptors (Lipinski definition) is 5. The number of hydrogen-bond donors (Lipinski definition) is 0. The predicted octanol–water partition coefficient (Wildman–Crippen LogP) is 5.19. The quantitative estimate of drug-likeness (QED) is 0.207. The fourth-order valence-corrected chi connectivity index (χ4v) is 4.02. The number of nitrogens with zero attached hydrogens (tertiary/aromatic N) is 4. The van der Waals surface area contributed by atoms with Crippen molar-refractivity contribution in [2.45, 2.75) is 26.1 Å². The Labute approximate surface area is 194 Å². The molecular weight excluding hydrogens is 500 g/mol. The van der Waals surface area contributed by atoms with Crippen LogP contribution >= 0.6 is 0 Å². The molecule has 2 aromatic carbocycles. The minimum absolute atomic E-state index is 0.161. The van der Waals surface area contributed by atoms with E-state index < -0.39 is 28.1 Å². The number of benzene rings is 2. The molecule has 4 rings (SSSR count). The Morgan fingerprint density at radius 3 is 2.42 bits per heavy atom. The van der Waals surface area contributed by atoms with Crippen LogP contribution in [0.4, 0.5) is 18.9 Å². The van der Waals surface area contributed by atoms with Gasteiger partial charge in [0.2, 0.25) is 0 Å². The summed E-state index contributed by atoms with van der Waals surface area (Å²) in [6, 6.07) is 9.09. The van der Waals surface area contributed by atoms with E-state index in [0.29, 0.717) is 6.07 Å². The van der Waals surface area contributed by atoms with Crippen LogP contribution in [0, 0.1) is 10.1 Å². The third kappa shape index (κ3) is 4.43. The molecule has 2 heterocycles. The average Bonchev–Trinajstić information content (AvgIpc) is 3.15. The van der Waals surface area contributed by atoms with Crippen LogP contribution in [0.2, 0.25) is 0 Å². The van der Waals surface area contributed by atoms with Crippen LogP contribution in [0.1, 0.15) is 25.5 Å². The van der Waals surface area contributed by atoms with Gasteiger partial charge >= 0.3 is 180 Å². The van der Waals surface area contributed by atoms with Crippen LogP contribution in [0.3, 0.4) is 0 Å². The normalized spacial score (nSPS) is 11.8. The second-order valence-electron chi connectivity index (χ2n) is 7.50. The Morgan fingerprint density at radius 2 is 1.82 bits per heavy atom. The first kappa shape index (κ1) is 22.8. The topological polar surface area (TPSA) is 83.1 Å². The fourth-order valence-electron chi connectivity index (χ4n) is 3.45. The molecule has 11 heteroatoms. The van der Waals surface area contributed by atoms with E-state index in [2.05, 4.69) is 26.8 Å². The van der Waals surface area contributed by atoms with Gasteiger partial charge in [0.15, 0.2) is 0 Å². The first-order valence-corrected chi connectivity index (χ1v) is 10.7. The van der Waals surface area contributed by atoms with Crippen LogP contribution in [0.5, 0.6) is 11.5 Å². The number of ether oxygens (including phenoxy) is 1. The molecule has 0 spiro atoms. The monoisotopic (exact) mass is 516 g/mol. The number of aromatic nitrogens is 3. The molecule has 0 aliphatic heterocycles. The fraction of sp³-hybridized carbons (Fsp3) is 0.182. The average molecular weight is 516 g/mol. The van der Waals surface area contributed by atoms with E-state index in [1.165, 1.54) is 6.33 Å². The Balaban J connectivity index is 1.71. The minimum atomic E-state index is -4.81. The summed E-state index contributed by atoms with van der Waals surface area (Å²) in [5.74, 6) is -0.353. The molecule has 0 saturated heterocycles. The summed E-state index contributed by atoms with van der Waals surface area (Å²) in [5.41, 5.74) is 0.599. The van der Waals surface area contributed by atoms with Gasteiger partial charge in [0, 0.05) is 0 Å². The Kier molecular flexibility index (Phi) is 5.88. The summed E-state index contributed by atoms with van der Waals surface area (Å²) in [5, 5.41) is 11.7. The van der Waals surface area contributed by atoms with Crippen LogP contribution in [-0.2, 0) is 6.18 Å². The van der Waals surface area contributed by atoms with Crippen LogP contribution < -0.4 is 9.22 Å². The van der Waals surface area contributed by atoms with Crippen molar-refractivity contribution in [1.82, 2.24) is 14.5 Å². The zero-order valence-corrected chi connectivity index (χ0v) is 19.2. The third-order valence-electron chi connectivity index (χ3n) is 5.02. The summed E-state index contributed by atoms with van der Waals surface area (Å²) < 4.78 is 48.5. The van der Waals surface area contributed by atoms with Crippen molar-refractivity contribution in [2.75, 3.05) is 0 Å². The van der Waals surface area contributed by atoms with E-state index in [1.54, 1.807) is 24.3 Å².